The molecule has 1 aromatic carbocycles. The maximum Gasteiger partial charge on any atom is 0.225 e. The minimum Gasteiger partial charge on any atom is -0.349 e. The molecule has 23 heavy (non-hydrogen) atoms. The molecule has 1 aromatic rings. The summed E-state index contributed by atoms with van der Waals surface area (Å²) in [6.07, 6.45) is 3.82. The summed E-state index contributed by atoms with van der Waals surface area (Å²) in [5.74, 6) is 0.454. The summed E-state index contributed by atoms with van der Waals surface area (Å²) in [5, 5.41) is 3.10. The van der Waals surface area contributed by atoms with Gasteiger partial charge in [0.15, 0.2) is 0 Å². The third-order valence-corrected chi connectivity index (χ3v) is 5.48. The highest BCUT2D eigenvalue weighted by Gasteiger charge is 2.36. The van der Waals surface area contributed by atoms with Crippen molar-refractivity contribution in [3.8, 4) is 0 Å². The zero-order valence-electron chi connectivity index (χ0n) is 13.4. The number of halogens is 1. The molecule has 2 aliphatic rings. The molecule has 4 nitrogen and oxygen atoms in total. The van der Waals surface area contributed by atoms with Crippen molar-refractivity contribution in [1.82, 2.24) is 10.2 Å². The predicted molar refractivity (Wildman–Crippen MR) is 92.7 cm³/mol. The molecule has 2 fully saturated rings. The highest BCUT2D eigenvalue weighted by molar-refractivity contribution is 9.10. The lowest BCUT2D eigenvalue weighted by Gasteiger charge is -2.33. The lowest BCUT2D eigenvalue weighted by atomic mass is 9.96. The number of hydrogen-bond donors (Lipinski definition) is 1. The van der Waals surface area contributed by atoms with Gasteiger partial charge < -0.3 is 10.2 Å². The van der Waals surface area contributed by atoms with Gasteiger partial charge >= 0.3 is 0 Å². The molecule has 124 valence electrons. The fourth-order valence-corrected chi connectivity index (χ4v) is 3.84. The van der Waals surface area contributed by atoms with Crippen molar-refractivity contribution >= 4 is 27.7 Å². The molecule has 1 heterocycles. The van der Waals surface area contributed by atoms with Crippen LogP contribution < -0.4 is 5.32 Å². The number of nitrogens with zero attached hydrogens (tertiary/aromatic N) is 1. The predicted octanol–water partition coefficient (Wildman–Crippen LogP) is 3.27. The van der Waals surface area contributed by atoms with Gasteiger partial charge in [-0.15, -0.1) is 0 Å². The van der Waals surface area contributed by atoms with Crippen LogP contribution >= 0.6 is 15.9 Å². The number of amides is 2. The number of carbonyl (C=O) groups is 2. The van der Waals surface area contributed by atoms with Gasteiger partial charge in [-0.25, -0.2) is 0 Å². The Hall–Kier alpha value is -1.36. The highest BCUT2D eigenvalue weighted by atomic mass is 79.9. The van der Waals surface area contributed by atoms with E-state index in [-0.39, 0.29) is 29.7 Å². The van der Waals surface area contributed by atoms with Crippen LogP contribution in [0.2, 0.25) is 0 Å². The van der Waals surface area contributed by atoms with Gasteiger partial charge in [0.1, 0.15) is 0 Å². The highest BCUT2D eigenvalue weighted by Crippen LogP contribution is 2.32. The number of carbonyl (C=O) groups excluding carboxylic acids is 2. The smallest absolute Gasteiger partial charge is 0.225 e. The summed E-state index contributed by atoms with van der Waals surface area (Å²) >= 11 is 3.53. The molecule has 2 amide bonds. The number of nitrogens with one attached hydrogen (secondary N) is 1. The molecule has 0 radical (unpaired) electrons. The number of likely N-dealkylation sites (tertiary alicyclic amines) is 1. The Morgan fingerprint density at radius 1 is 1.22 bits per heavy atom. The second kappa shape index (κ2) is 7.04. The molecule has 1 aliphatic heterocycles. The molecule has 2 atom stereocenters. The molecule has 1 N–H and O–H groups in total. The number of piperidine rings is 1. The second-order valence-electron chi connectivity index (χ2n) is 6.65. The van der Waals surface area contributed by atoms with E-state index in [0.29, 0.717) is 6.54 Å². The van der Waals surface area contributed by atoms with E-state index >= 15 is 0 Å². The van der Waals surface area contributed by atoms with Crippen molar-refractivity contribution in [2.75, 3.05) is 13.1 Å². The minimum atomic E-state index is -0.0867. The van der Waals surface area contributed by atoms with Gasteiger partial charge in [0, 0.05) is 23.5 Å². The van der Waals surface area contributed by atoms with Crippen molar-refractivity contribution in [3.63, 3.8) is 0 Å². The first-order chi connectivity index (χ1) is 11.1. The SMILES string of the molecule is C[C@H](NC(=O)[C@@H]1CCCN(C(=O)C2CC2)C1)c1ccccc1Br. The molecular weight excluding hydrogens is 356 g/mol. The van der Waals surface area contributed by atoms with Crippen molar-refractivity contribution in [2.24, 2.45) is 11.8 Å². The number of rotatable bonds is 4. The summed E-state index contributed by atoms with van der Waals surface area (Å²) in [4.78, 5) is 26.7. The number of benzene rings is 1. The van der Waals surface area contributed by atoms with E-state index in [2.05, 4.69) is 21.2 Å². The standard InChI is InChI=1S/C18H23BrN2O2/c1-12(15-6-2-3-7-16(15)19)20-17(22)14-5-4-10-21(11-14)18(23)13-8-9-13/h2-3,6-7,12-14H,4-5,8-11H2,1H3,(H,20,22)/t12-,14+/m0/s1. The third-order valence-electron chi connectivity index (χ3n) is 4.76. The number of hydrogen-bond acceptors (Lipinski definition) is 2. The second-order valence-corrected chi connectivity index (χ2v) is 7.50. The van der Waals surface area contributed by atoms with Crippen LogP contribution in [0.5, 0.6) is 0 Å². The van der Waals surface area contributed by atoms with Crippen molar-refractivity contribution in [3.05, 3.63) is 34.3 Å². The Morgan fingerprint density at radius 2 is 1.96 bits per heavy atom. The largest absolute Gasteiger partial charge is 0.349 e. The van der Waals surface area contributed by atoms with Crippen molar-refractivity contribution in [1.29, 1.82) is 0 Å². The lowest BCUT2D eigenvalue weighted by Crippen LogP contribution is -2.46. The monoisotopic (exact) mass is 378 g/mol. The van der Waals surface area contributed by atoms with Gasteiger partial charge in [-0.05, 0) is 44.2 Å². The minimum absolute atomic E-state index is 0.0485. The van der Waals surface area contributed by atoms with Crippen LogP contribution in [0.3, 0.4) is 0 Å². The Kier molecular flexibility index (Phi) is 5.05. The van der Waals surface area contributed by atoms with Crippen LogP contribution in [0.25, 0.3) is 0 Å². The average molecular weight is 379 g/mol. The molecule has 0 spiro atoms. The summed E-state index contributed by atoms with van der Waals surface area (Å²) < 4.78 is 1.00. The summed E-state index contributed by atoms with van der Waals surface area (Å²) in [6, 6.07) is 7.88. The van der Waals surface area contributed by atoms with Gasteiger partial charge in [-0.3, -0.25) is 9.59 Å². The molecule has 0 unspecified atom stereocenters. The first-order valence-corrected chi connectivity index (χ1v) is 9.19. The first kappa shape index (κ1) is 16.5. The Bertz CT molecular complexity index is 600. The van der Waals surface area contributed by atoms with E-state index in [9.17, 15) is 9.59 Å². The van der Waals surface area contributed by atoms with Crippen molar-refractivity contribution in [2.45, 2.75) is 38.6 Å². The Labute approximate surface area is 145 Å². The normalized spacial score (nSPS) is 22.5. The van der Waals surface area contributed by atoms with E-state index in [1.807, 2.05) is 36.1 Å². The average Bonchev–Trinajstić information content (AvgIpc) is 3.39. The summed E-state index contributed by atoms with van der Waals surface area (Å²) in [6.45, 7) is 3.37. The van der Waals surface area contributed by atoms with Crippen LogP contribution in [-0.2, 0) is 9.59 Å². The van der Waals surface area contributed by atoms with Crippen molar-refractivity contribution < 1.29 is 9.59 Å². The van der Waals surface area contributed by atoms with Crippen LogP contribution in [0.4, 0.5) is 0 Å². The molecule has 0 bridgehead atoms. The fraction of sp³-hybridized carbons (Fsp3) is 0.556. The topological polar surface area (TPSA) is 49.4 Å². The van der Waals surface area contributed by atoms with E-state index in [1.54, 1.807) is 0 Å². The van der Waals surface area contributed by atoms with Gasteiger partial charge in [0.2, 0.25) is 11.8 Å². The Balaban J connectivity index is 1.59. The van der Waals surface area contributed by atoms with E-state index in [4.69, 9.17) is 0 Å². The first-order valence-electron chi connectivity index (χ1n) is 8.40. The Morgan fingerprint density at radius 3 is 2.65 bits per heavy atom. The van der Waals surface area contributed by atoms with Crippen LogP contribution in [-0.4, -0.2) is 29.8 Å². The zero-order valence-corrected chi connectivity index (χ0v) is 15.0. The molecule has 1 aliphatic carbocycles. The molecule has 1 saturated heterocycles. The maximum absolute atomic E-state index is 12.6. The van der Waals surface area contributed by atoms with E-state index in [1.165, 1.54) is 0 Å². The summed E-state index contributed by atoms with van der Waals surface area (Å²) in [5.41, 5.74) is 1.07. The van der Waals surface area contributed by atoms with E-state index in [0.717, 1.165) is 42.3 Å². The molecule has 5 heteroatoms. The van der Waals surface area contributed by atoms with Crippen LogP contribution in [0.1, 0.15) is 44.2 Å². The van der Waals surface area contributed by atoms with Gasteiger partial charge in [0.05, 0.1) is 12.0 Å². The molecule has 1 saturated carbocycles. The lowest BCUT2D eigenvalue weighted by molar-refractivity contribution is -0.137. The summed E-state index contributed by atoms with van der Waals surface area (Å²) in [7, 11) is 0. The van der Waals surface area contributed by atoms with Crippen LogP contribution in [0, 0.1) is 11.8 Å². The third kappa shape index (κ3) is 3.94. The van der Waals surface area contributed by atoms with Gasteiger partial charge in [-0.2, -0.15) is 0 Å². The quantitative estimate of drug-likeness (QED) is 0.873. The van der Waals surface area contributed by atoms with Gasteiger partial charge in [0.25, 0.3) is 0 Å². The molecule has 3 rings (SSSR count). The molecular formula is C18H23BrN2O2. The van der Waals surface area contributed by atoms with Crippen LogP contribution in [0.15, 0.2) is 28.7 Å². The fourth-order valence-electron chi connectivity index (χ4n) is 3.22. The zero-order chi connectivity index (χ0) is 16.4. The molecule has 0 aromatic heterocycles. The maximum atomic E-state index is 12.6. The van der Waals surface area contributed by atoms with E-state index < -0.39 is 0 Å². The van der Waals surface area contributed by atoms with Gasteiger partial charge in [-0.1, -0.05) is 34.1 Å².